The molecular weight excluding hydrogens is 352 g/mol. The average molecular weight is 372 g/mol. The lowest BCUT2D eigenvalue weighted by atomic mass is 9.97. The van der Waals surface area contributed by atoms with Crippen LogP contribution in [-0.4, -0.2) is 29.9 Å². The van der Waals surface area contributed by atoms with E-state index >= 15 is 0 Å². The van der Waals surface area contributed by atoms with Gasteiger partial charge >= 0.3 is 0 Å². The molecule has 0 aromatic heterocycles. The second kappa shape index (κ2) is 6.68. The van der Waals surface area contributed by atoms with Gasteiger partial charge in [0.25, 0.3) is 11.8 Å². The fraction of sp³-hybridized carbons (Fsp3) is 0.217. The van der Waals surface area contributed by atoms with E-state index in [1.165, 1.54) is 16.3 Å². The van der Waals surface area contributed by atoms with Gasteiger partial charge in [0.05, 0.1) is 11.7 Å². The summed E-state index contributed by atoms with van der Waals surface area (Å²) in [6.45, 7) is 0.717. The van der Waals surface area contributed by atoms with E-state index in [-0.39, 0.29) is 24.5 Å². The summed E-state index contributed by atoms with van der Waals surface area (Å²) in [5.41, 5.74) is 2.40. The SMILES string of the molecule is O=C1COc2cc(C(=O)N3CCC[C@@H]3c3cccc4ccccc34)ccc2N1. The molecule has 3 aromatic carbocycles. The summed E-state index contributed by atoms with van der Waals surface area (Å²) >= 11 is 0. The number of nitrogens with zero attached hydrogens (tertiary/aromatic N) is 1. The molecule has 0 saturated carbocycles. The first-order valence-corrected chi connectivity index (χ1v) is 9.56. The Morgan fingerprint density at radius 2 is 1.93 bits per heavy atom. The van der Waals surface area contributed by atoms with Crippen molar-refractivity contribution in [1.29, 1.82) is 0 Å². The van der Waals surface area contributed by atoms with Crippen molar-refractivity contribution in [3.05, 3.63) is 71.8 Å². The maximum atomic E-state index is 13.3. The lowest BCUT2D eigenvalue weighted by molar-refractivity contribution is -0.118. The molecule has 3 aromatic rings. The average Bonchev–Trinajstić information content (AvgIpc) is 3.22. The minimum Gasteiger partial charge on any atom is -0.482 e. The van der Waals surface area contributed by atoms with Gasteiger partial charge in [-0.2, -0.15) is 0 Å². The molecule has 0 spiro atoms. The molecule has 2 heterocycles. The third-order valence-corrected chi connectivity index (χ3v) is 5.56. The van der Waals surface area contributed by atoms with Gasteiger partial charge in [0.15, 0.2) is 6.61 Å². The van der Waals surface area contributed by atoms with E-state index in [2.05, 4.69) is 35.6 Å². The smallest absolute Gasteiger partial charge is 0.262 e. The van der Waals surface area contributed by atoms with Crippen LogP contribution in [0.15, 0.2) is 60.7 Å². The molecule has 2 amide bonds. The van der Waals surface area contributed by atoms with Crippen LogP contribution in [0.1, 0.15) is 34.8 Å². The van der Waals surface area contributed by atoms with Gasteiger partial charge in [0.2, 0.25) is 0 Å². The van der Waals surface area contributed by atoms with Crippen LogP contribution in [-0.2, 0) is 4.79 Å². The highest BCUT2D eigenvalue weighted by molar-refractivity contribution is 5.99. The van der Waals surface area contributed by atoms with E-state index in [0.29, 0.717) is 17.0 Å². The van der Waals surface area contributed by atoms with E-state index in [1.54, 1.807) is 18.2 Å². The fourth-order valence-corrected chi connectivity index (χ4v) is 4.25. The van der Waals surface area contributed by atoms with E-state index in [4.69, 9.17) is 4.74 Å². The van der Waals surface area contributed by atoms with Gasteiger partial charge in [-0.1, -0.05) is 42.5 Å². The molecule has 1 atom stereocenters. The number of nitrogens with one attached hydrogen (secondary N) is 1. The van der Waals surface area contributed by atoms with Crippen LogP contribution in [0.3, 0.4) is 0 Å². The number of benzene rings is 3. The van der Waals surface area contributed by atoms with Crippen LogP contribution >= 0.6 is 0 Å². The molecule has 0 bridgehead atoms. The van der Waals surface area contributed by atoms with Crippen LogP contribution in [0, 0.1) is 0 Å². The van der Waals surface area contributed by atoms with Gasteiger partial charge in [0, 0.05) is 12.1 Å². The number of likely N-dealkylation sites (tertiary alicyclic amines) is 1. The Morgan fingerprint density at radius 3 is 2.86 bits per heavy atom. The van der Waals surface area contributed by atoms with Crippen LogP contribution in [0.25, 0.3) is 10.8 Å². The second-order valence-corrected chi connectivity index (χ2v) is 7.27. The van der Waals surface area contributed by atoms with Gasteiger partial charge in [0.1, 0.15) is 5.75 Å². The van der Waals surface area contributed by atoms with Crippen molar-refractivity contribution in [1.82, 2.24) is 4.90 Å². The third-order valence-electron chi connectivity index (χ3n) is 5.56. The molecular formula is C23H20N2O3. The number of anilines is 1. The van der Waals surface area contributed by atoms with E-state index in [1.807, 2.05) is 17.0 Å². The van der Waals surface area contributed by atoms with E-state index in [9.17, 15) is 9.59 Å². The van der Waals surface area contributed by atoms with Crippen molar-refractivity contribution in [2.24, 2.45) is 0 Å². The Morgan fingerprint density at radius 1 is 1.07 bits per heavy atom. The number of carbonyl (C=O) groups is 2. The molecule has 2 aliphatic rings. The van der Waals surface area contributed by atoms with E-state index in [0.717, 1.165) is 19.4 Å². The number of rotatable bonds is 2. The summed E-state index contributed by atoms with van der Waals surface area (Å²) < 4.78 is 5.48. The molecule has 0 unspecified atom stereocenters. The maximum Gasteiger partial charge on any atom is 0.262 e. The Bertz CT molecular complexity index is 1090. The fourth-order valence-electron chi connectivity index (χ4n) is 4.25. The first-order valence-electron chi connectivity index (χ1n) is 9.56. The monoisotopic (exact) mass is 372 g/mol. The highest BCUT2D eigenvalue weighted by Crippen LogP contribution is 2.37. The number of fused-ring (bicyclic) bond motifs is 2. The van der Waals surface area contributed by atoms with Gasteiger partial charge in [-0.3, -0.25) is 9.59 Å². The molecule has 5 heteroatoms. The zero-order chi connectivity index (χ0) is 19.1. The lowest BCUT2D eigenvalue weighted by Crippen LogP contribution is -2.31. The second-order valence-electron chi connectivity index (χ2n) is 7.27. The lowest BCUT2D eigenvalue weighted by Gasteiger charge is -2.27. The molecule has 28 heavy (non-hydrogen) atoms. The van der Waals surface area contributed by atoms with Crippen molar-refractivity contribution in [2.45, 2.75) is 18.9 Å². The predicted molar refractivity (Wildman–Crippen MR) is 108 cm³/mol. The summed E-state index contributed by atoms with van der Waals surface area (Å²) in [4.78, 5) is 26.7. The molecule has 140 valence electrons. The summed E-state index contributed by atoms with van der Waals surface area (Å²) in [6.07, 6.45) is 1.94. The van der Waals surface area contributed by atoms with Crippen molar-refractivity contribution in [2.75, 3.05) is 18.5 Å². The maximum absolute atomic E-state index is 13.3. The number of hydrogen-bond donors (Lipinski definition) is 1. The van der Waals surface area contributed by atoms with Crippen molar-refractivity contribution >= 4 is 28.3 Å². The van der Waals surface area contributed by atoms with Crippen molar-refractivity contribution in [3.63, 3.8) is 0 Å². The van der Waals surface area contributed by atoms with Crippen LogP contribution in [0.2, 0.25) is 0 Å². The Kier molecular flexibility index (Phi) is 4.01. The third kappa shape index (κ3) is 2.80. The van der Waals surface area contributed by atoms with Crippen LogP contribution < -0.4 is 10.1 Å². The number of carbonyl (C=O) groups excluding carboxylic acids is 2. The quantitative estimate of drug-likeness (QED) is 0.735. The summed E-state index contributed by atoms with van der Waals surface area (Å²) in [7, 11) is 0. The minimum atomic E-state index is -0.179. The van der Waals surface area contributed by atoms with Gasteiger partial charge < -0.3 is 15.0 Å². The Hall–Kier alpha value is -3.34. The minimum absolute atomic E-state index is 0.00117. The zero-order valence-corrected chi connectivity index (χ0v) is 15.4. The zero-order valence-electron chi connectivity index (χ0n) is 15.4. The molecule has 1 fully saturated rings. The van der Waals surface area contributed by atoms with Crippen molar-refractivity contribution in [3.8, 4) is 5.75 Å². The molecule has 5 rings (SSSR count). The molecule has 0 aliphatic carbocycles. The van der Waals surface area contributed by atoms with Crippen molar-refractivity contribution < 1.29 is 14.3 Å². The summed E-state index contributed by atoms with van der Waals surface area (Å²) in [5.74, 6) is 0.368. The first kappa shape index (κ1) is 16.8. The number of hydrogen-bond acceptors (Lipinski definition) is 3. The van der Waals surface area contributed by atoms with E-state index < -0.39 is 0 Å². The molecule has 2 aliphatic heterocycles. The van der Waals surface area contributed by atoms with Gasteiger partial charge in [-0.25, -0.2) is 0 Å². The molecule has 1 N–H and O–H groups in total. The largest absolute Gasteiger partial charge is 0.482 e. The first-order chi connectivity index (χ1) is 13.7. The number of amides is 2. The Labute approximate surface area is 162 Å². The number of ether oxygens (including phenoxy) is 1. The normalized spacial score (nSPS) is 18.5. The van der Waals surface area contributed by atoms with Crippen LogP contribution in [0.5, 0.6) is 5.75 Å². The molecule has 0 radical (unpaired) electrons. The highest BCUT2D eigenvalue weighted by atomic mass is 16.5. The molecule has 1 saturated heterocycles. The predicted octanol–water partition coefficient (Wildman–Crippen LogP) is 4.15. The van der Waals surface area contributed by atoms with Gasteiger partial charge in [-0.15, -0.1) is 0 Å². The summed E-state index contributed by atoms with van der Waals surface area (Å²) in [6, 6.07) is 19.9. The highest BCUT2D eigenvalue weighted by Gasteiger charge is 2.32. The summed E-state index contributed by atoms with van der Waals surface area (Å²) in [5, 5.41) is 5.15. The van der Waals surface area contributed by atoms with Crippen LogP contribution in [0.4, 0.5) is 5.69 Å². The van der Waals surface area contributed by atoms with Gasteiger partial charge in [-0.05, 0) is 47.4 Å². The Balaban J connectivity index is 1.48. The molecule has 5 nitrogen and oxygen atoms in total. The topological polar surface area (TPSA) is 58.6 Å². The standard InChI is InChI=1S/C23H20N2O3/c26-22-14-28-21-13-16(10-11-19(21)24-22)23(27)25-12-4-9-20(25)18-8-3-6-15-5-1-2-7-17(15)18/h1-3,5-8,10-11,13,20H,4,9,12,14H2,(H,24,26)/t20-/m1/s1.